The van der Waals surface area contributed by atoms with Crippen molar-refractivity contribution in [2.45, 2.75) is 20.8 Å². The van der Waals surface area contributed by atoms with Crippen LogP contribution >= 0.6 is 11.6 Å². The third-order valence-corrected chi connectivity index (χ3v) is 6.54. The predicted octanol–water partition coefficient (Wildman–Crippen LogP) is 3.39. The Morgan fingerprint density at radius 2 is 1.77 bits per heavy atom. The van der Waals surface area contributed by atoms with Crippen molar-refractivity contribution in [3.63, 3.8) is 0 Å². The number of ether oxygens (including phenoxy) is 1. The van der Waals surface area contributed by atoms with Gasteiger partial charge in [0.2, 0.25) is 5.91 Å². The average molecular weight is 468 g/mol. The lowest BCUT2D eigenvalue weighted by Crippen LogP contribution is -2.44. The van der Waals surface area contributed by atoms with E-state index in [2.05, 4.69) is 5.32 Å². The molecule has 1 N–H and O–H groups in total. The molecule has 2 aromatic rings. The van der Waals surface area contributed by atoms with Crippen LogP contribution in [-0.2, 0) is 19.7 Å². The van der Waals surface area contributed by atoms with Gasteiger partial charge in [0.1, 0.15) is 6.54 Å². The number of aryl methyl sites for hydroxylation is 2. The first-order valence-electron chi connectivity index (χ1n) is 9.51. The number of carbonyl (C=O) groups is 2. The topological polar surface area (TPSA) is 96.0 Å². The molecule has 0 radical (unpaired) electrons. The summed E-state index contributed by atoms with van der Waals surface area (Å²) in [5.41, 5.74) is 2.37. The Bertz CT molecular complexity index is 1090. The lowest BCUT2D eigenvalue weighted by molar-refractivity contribution is -0.114. The second-order valence-corrected chi connectivity index (χ2v) is 9.52. The van der Waals surface area contributed by atoms with E-state index >= 15 is 0 Å². The van der Waals surface area contributed by atoms with Crippen LogP contribution in [0.2, 0.25) is 5.02 Å². The van der Waals surface area contributed by atoms with E-state index in [4.69, 9.17) is 16.3 Å². The lowest BCUT2D eigenvalue weighted by atomic mass is 10.1. The molecule has 0 atom stereocenters. The molecule has 0 fully saturated rings. The van der Waals surface area contributed by atoms with Crippen molar-refractivity contribution in [1.82, 2.24) is 4.31 Å². The molecule has 2 rings (SSSR count). The van der Waals surface area contributed by atoms with Crippen LogP contribution in [0.15, 0.2) is 36.4 Å². The minimum absolute atomic E-state index is 0.105. The monoisotopic (exact) mass is 467 g/mol. The summed E-state index contributed by atoms with van der Waals surface area (Å²) in [5, 5.41) is 2.81. The number of nitrogens with zero attached hydrogens (tertiary/aromatic N) is 2. The molecule has 0 aliphatic heterocycles. The molecule has 168 valence electrons. The van der Waals surface area contributed by atoms with E-state index in [1.54, 1.807) is 26.0 Å². The number of halogens is 1. The highest BCUT2D eigenvalue weighted by molar-refractivity contribution is 7.90. The zero-order chi connectivity index (χ0) is 23.3. The van der Waals surface area contributed by atoms with Gasteiger partial charge < -0.3 is 10.1 Å². The Balaban J connectivity index is 2.34. The molecule has 0 unspecified atom stereocenters. The normalized spacial score (nSPS) is 11.3. The molecule has 2 aromatic carbocycles. The first-order chi connectivity index (χ1) is 14.5. The van der Waals surface area contributed by atoms with Gasteiger partial charge >= 0.3 is 16.2 Å². The van der Waals surface area contributed by atoms with Crippen LogP contribution in [0.25, 0.3) is 0 Å². The van der Waals surface area contributed by atoms with E-state index in [-0.39, 0.29) is 17.2 Å². The Morgan fingerprint density at radius 3 is 2.39 bits per heavy atom. The van der Waals surface area contributed by atoms with E-state index in [0.29, 0.717) is 16.9 Å². The molecular formula is C21H26ClN3O5S. The van der Waals surface area contributed by atoms with Crippen molar-refractivity contribution in [3.05, 3.63) is 58.1 Å². The molecule has 0 saturated carbocycles. The zero-order valence-electron chi connectivity index (χ0n) is 18.1. The number of nitrogens with one attached hydrogen (secondary N) is 1. The number of hydrogen-bond donors (Lipinski definition) is 1. The van der Waals surface area contributed by atoms with Gasteiger partial charge in [-0.1, -0.05) is 23.7 Å². The predicted molar refractivity (Wildman–Crippen MR) is 122 cm³/mol. The van der Waals surface area contributed by atoms with E-state index < -0.39 is 28.6 Å². The Kier molecular flexibility index (Phi) is 8.05. The maximum Gasteiger partial charge on any atom is 0.339 e. The minimum Gasteiger partial charge on any atom is -0.462 e. The van der Waals surface area contributed by atoms with Crippen LogP contribution in [0.5, 0.6) is 0 Å². The fourth-order valence-corrected chi connectivity index (χ4v) is 4.09. The molecule has 0 bridgehead atoms. The summed E-state index contributed by atoms with van der Waals surface area (Å²) in [7, 11) is -1.15. The molecule has 0 aliphatic carbocycles. The summed E-state index contributed by atoms with van der Waals surface area (Å²) in [6.07, 6.45) is 0. The fraction of sp³-hybridized carbons (Fsp3) is 0.333. The number of hydrogen-bond acceptors (Lipinski definition) is 5. The summed E-state index contributed by atoms with van der Waals surface area (Å²) in [4.78, 5) is 24.8. The van der Waals surface area contributed by atoms with Crippen LogP contribution in [-0.4, -0.2) is 51.8 Å². The highest BCUT2D eigenvalue weighted by Crippen LogP contribution is 2.26. The standard InChI is InChI=1S/C21H26ClN3O5S/c1-6-30-21(27)17-12-16(9-10-18(17)22)23-20(26)13-25(31(28,29)24(4)5)19-11-14(2)7-8-15(19)3/h7-12H,6,13H2,1-5H3,(H,23,26). The van der Waals surface area contributed by atoms with Crippen LogP contribution < -0.4 is 9.62 Å². The van der Waals surface area contributed by atoms with Crippen molar-refractivity contribution in [3.8, 4) is 0 Å². The van der Waals surface area contributed by atoms with Crippen molar-refractivity contribution in [1.29, 1.82) is 0 Å². The van der Waals surface area contributed by atoms with Gasteiger partial charge in [0.25, 0.3) is 0 Å². The van der Waals surface area contributed by atoms with E-state index in [1.807, 2.05) is 13.0 Å². The largest absolute Gasteiger partial charge is 0.462 e. The van der Waals surface area contributed by atoms with Gasteiger partial charge in [-0.2, -0.15) is 12.7 Å². The lowest BCUT2D eigenvalue weighted by Gasteiger charge is -2.28. The molecule has 8 nitrogen and oxygen atoms in total. The van der Waals surface area contributed by atoms with Gasteiger partial charge in [-0.05, 0) is 56.2 Å². The summed E-state index contributed by atoms with van der Waals surface area (Å²) in [5.74, 6) is -1.20. The number of esters is 1. The molecule has 0 aliphatic rings. The quantitative estimate of drug-likeness (QED) is 0.600. The third kappa shape index (κ3) is 5.96. The molecule has 0 heterocycles. The number of amides is 1. The first-order valence-corrected chi connectivity index (χ1v) is 11.3. The van der Waals surface area contributed by atoms with Gasteiger partial charge in [0, 0.05) is 19.8 Å². The first kappa shape index (κ1) is 24.6. The second kappa shape index (κ2) is 10.1. The molecular weight excluding hydrogens is 442 g/mol. The highest BCUT2D eigenvalue weighted by Gasteiger charge is 2.28. The molecule has 0 aromatic heterocycles. The third-order valence-electron chi connectivity index (χ3n) is 4.41. The number of carbonyl (C=O) groups excluding carboxylic acids is 2. The summed E-state index contributed by atoms with van der Waals surface area (Å²) in [6, 6.07) is 9.75. The number of rotatable bonds is 8. The van der Waals surface area contributed by atoms with Gasteiger partial charge in [-0.3, -0.25) is 4.79 Å². The van der Waals surface area contributed by atoms with E-state index in [9.17, 15) is 18.0 Å². The van der Waals surface area contributed by atoms with Gasteiger partial charge in [0.15, 0.2) is 0 Å². The fourth-order valence-electron chi connectivity index (χ4n) is 2.78. The second-order valence-electron chi connectivity index (χ2n) is 7.05. The van der Waals surface area contributed by atoms with Crippen molar-refractivity contribution in [2.75, 3.05) is 36.9 Å². The zero-order valence-corrected chi connectivity index (χ0v) is 19.7. The van der Waals surface area contributed by atoms with Gasteiger partial charge in [-0.15, -0.1) is 0 Å². The SMILES string of the molecule is CCOC(=O)c1cc(NC(=O)CN(c2cc(C)ccc2C)S(=O)(=O)N(C)C)ccc1Cl. The van der Waals surface area contributed by atoms with Gasteiger partial charge in [-0.25, -0.2) is 9.10 Å². The van der Waals surface area contributed by atoms with Crippen LogP contribution in [0.3, 0.4) is 0 Å². The molecule has 31 heavy (non-hydrogen) atoms. The Hall–Kier alpha value is -2.62. The number of anilines is 2. The molecule has 10 heteroatoms. The highest BCUT2D eigenvalue weighted by atomic mass is 35.5. The summed E-state index contributed by atoms with van der Waals surface area (Å²) in [6.45, 7) is 5.01. The Labute approximate surface area is 187 Å². The van der Waals surface area contributed by atoms with Crippen LogP contribution in [0, 0.1) is 13.8 Å². The maximum absolute atomic E-state index is 12.9. The molecule has 0 saturated heterocycles. The minimum atomic E-state index is -3.94. The molecule has 0 spiro atoms. The van der Waals surface area contributed by atoms with E-state index in [1.165, 1.54) is 32.3 Å². The van der Waals surface area contributed by atoms with Gasteiger partial charge in [0.05, 0.1) is 22.9 Å². The smallest absolute Gasteiger partial charge is 0.339 e. The summed E-state index contributed by atoms with van der Waals surface area (Å²) < 4.78 is 32.9. The van der Waals surface area contributed by atoms with E-state index in [0.717, 1.165) is 14.2 Å². The molecule has 1 amide bonds. The van der Waals surface area contributed by atoms with Crippen molar-refractivity contribution >= 4 is 45.1 Å². The van der Waals surface area contributed by atoms with Crippen LogP contribution in [0.4, 0.5) is 11.4 Å². The van der Waals surface area contributed by atoms with Crippen molar-refractivity contribution < 1.29 is 22.7 Å². The summed E-state index contributed by atoms with van der Waals surface area (Å²) >= 11 is 6.05. The maximum atomic E-state index is 12.9. The Morgan fingerprint density at radius 1 is 1.10 bits per heavy atom. The number of benzene rings is 2. The average Bonchev–Trinajstić information content (AvgIpc) is 2.69. The van der Waals surface area contributed by atoms with Crippen LogP contribution in [0.1, 0.15) is 28.4 Å². The van der Waals surface area contributed by atoms with Crippen molar-refractivity contribution in [2.24, 2.45) is 0 Å².